The molecule has 0 saturated carbocycles. The van der Waals surface area contributed by atoms with E-state index in [1.54, 1.807) is 0 Å². The van der Waals surface area contributed by atoms with Crippen molar-refractivity contribution in [2.45, 2.75) is 12.5 Å². The van der Waals surface area contributed by atoms with Gasteiger partial charge in [0.2, 0.25) is 0 Å². The van der Waals surface area contributed by atoms with E-state index in [9.17, 15) is 18.7 Å². The summed E-state index contributed by atoms with van der Waals surface area (Å²) in [6.45, 7) is 1.41. The Hall–Kier alpha value is -2.27. The number of halogens is 2. The summed E-state index contributed by atoms with van der Waals surface area (Å²) in [6, 6.07) is 13.1. The third kappa shape index (κ3) is 3.40. The first-order chi connectivity index (χ1) is 11.0. The van der Waals surface area contributed by atoms with Crippen LogP contribution in [0.4, 0.5) is 8.78 Å². The molecule has 1 N–H and O–H groups in total. The molecule has 1 aliphatic rings. The Morgan fingerprint density at radius 1 is 1.13 bits per heavy atom. The standard InChI is InChI=1S/C18H17F2NO2/c19-13-6-7-14(17(20)8-13)15-10-21(11-16(15)18(22)23)9-12-4-2-1-3-5-12/h1-8,15-16H,9-11H2,(H,22,23)/t15-,16+/m1/s1. The number of carboxylic acid groups (broad SMARTS) is 1. The summed E-state index contributed by atoms with van der Waals surface area (Å²) in [4.78, 5) is 13.5. The van der Waals surface area contributed by atoms with E-state index in [0.29, 0.717) is 19.6 Å². The molecule has 5 heteroatoms. The van der Waals surface area contributed by atoms with Crippen molar-refractivity contribution >= 4 is 5.97 Å². The van der Waals surface area contributed by atoms with Crippen LogP contribution in [0.5, 0.6) is 0 Å². The average molecular weight is 317 g/mol. The van der Waals surface area contributed by atoms with Gasteiger partial charge in [0.25, 0.3) is 0 Å². The van der Waals surface area contributed by atoms with Crippen LogP contribution < -0.4 is 0 Å². The van der Waals surface area contributed by atoms with Gasteiger partial charge in [0.1, 0.15) is 11.6 Å². The molecule has 0 bridgehead atoms. The fraction of sp³-hybridized carbons (Fsp3) is 0.278. The third-order valence-electron chi connectivity index (χ3n) is 4.32. The number of aliphatic carboxylic acids is 1. The van der Waals surface area contributed by atoms with E-state index in [1.165, 1.54) is 12.1 Å². The normalized spacial score (nSPS) is 21.5. The van der Waals surface area contributed by atoms with Gasteiger partial charge in [-0.1, -0.05) is 36.4 Å². The molecule has 0 radical (unpaired) electrons. The fourth-order valence-corrected chi connectivity index (χ4v) is 3.22. The van der Waals surface area contributed by atoms with Crippen molar-refractivity contribution in [2.24, 2.45) is 5.92 Å². The van der Waals surface area contributed by atoms with Crippen molar-refractivity contribution in [3.63, 3.8) is 0 Å². The summed E-state index contributed by atoms with van der Waals surface area (Å²) >= 11 is 0. The van der Waals surface area contributed by atoms with Gasteiger partial charge in [-0.2, -0.15) is 0 Å². The smallest absolute Gasteiger partial charge is 0.308 e. The van der Waals surface area contributed by atoms with Gasteiger partial charge >= 0.3 is 5.97 Å². The van der Waals surface area contributed by atoms with Gasteiger partial charge in [0.05, 0.1) is 5.92 Å². The Balaban J connectivity index is 1.83. The fourth-order valence-electron chi connectivity index (χ4n) is 3.22. The topological polar surface area (TPSA) is 40.5 Å². The van der Waals surface area contributed by atoms with Gasteiger partial charge in [0.15, 0.2) is 0 Å². The second kappa shape index (κ2) is 6.46. The van der Waals surface area contributed by atoms with E-state index >= 15 is 0 Å². The van der Waals surface area contributed by atoms with Gasteiger partial charge in [-0.15, -0.1) is 0 Å². The van der Waals surface area contributed by atoms with Crippen LogP contribution in [0.2, 0.25) is 0 Å². The maximum Gasteiger partial charge on any atom is 0.308 e. The molecule has 0 aromatic heterocycles. The monoisotopic (exact) mass is 317 g/mol. The van der Waals surface area contributed by atoms with Gasteiger partial charge in [0, 0.05) is 31.6 Å². The first-order valence-electron chi connectivity index (χ1n) is 7.48. The van der Waals surface area contributed by atoms with Crippen LogP contribution in [-0.2, 0) is 11.3 Å². The molecule has 23 heavy (non-hydrogen) atoms. The molecule has 1 fully saturated rings. The molecule has 0 spiro atoms. The van der Waals surface area contributed by atoms with Gasteiger partial charge in [-0.05, 0) is 17.2 Å². The molecule has 2 aromatic carbocycles. The zero-order chi connectivity index (χ0) is 16.4. The highest BCUT2D eigenvalue weighted by molar-refractivity contribution is 5.72. The van der Waals surface area contributed by atoms with E-state index in [0.717, 1.165) is 11.6 Å². The first kappa shape index (κ1) is 15.6. The van der Waals surface area contributed by atoms with Crippen LogP contribution in [0, 0.1) is 17.6 Å². The van der Waals surface area contributed by atoms with E-state index in [1.807, 2.05) is 35.2 Å². The Morgan fingerprint density at radius 3 is 2.52 bits per heavy atom. The molecule has 0 amide bonds. The molecular weight excluding hydrogens is 300 g/mol. The van der Waals surface area contributed by atoms with Crippen molar-refractivity contribution < 1.29 is 18.7 Å². The van der Waals surface area contributed by atoms with Gasteiger partial charge < -0.3 is 5.11 Å². The van der Waals surface area contributed by atoms with Crippen molar-refractivity contribution in [3.8, 4) is 0 Å². The molecule has 0 unspecified atom stereocenters. The zero-order valence-electron chi connectivity index (χ0n) is 12.5. The second-order valence-electron chi connectivity index (χ2n) is 5.90. The quantitative estimate of drug-likeness (QED) is 0.941. The average Bonchev–Trinajstić information content (AvgIpc) is 2.92. The molecule has 3 nitrogen and oxygen atoms in total. The number of hydrogen-bond donors (Lipinski definition) is 1. The first-order valence-corrected chi connectivity index (χ1v) is 7.48. The lowest BCUT2D eigenvalue weighted by Crippen LogP contribution is -2.23. The number of hydrogen-bond acceptors (Lipinski definition) is 2. The summed E-state index contributed by atoms with van der Waals surface area (Å²) < 4.78 is 27.1. The number of rotatable bonds is 4. The Bertz CT molecular complexity index is 705. The molecule has 120 valence electrons. The highest BCUT2D eigenvalue weighted by Crippen LogP contribution is 2.35. The second-order valence-corrected chi connectivity index (χ2v) is 5.90. The number of carbonyl (C=O) groups is 1. The molecule has 2 aromatic rings. The van der Waals surface area contributed by atoms with Crippen LogP contribution in [0.25, 0.3) is 0 Å². The third-order valence-corrected chi connectivity index (χ3v) is 4.32. The minimum atomic E-state index is -0.950. The Kier molecular flexibility index (Phi) is 4.39. The van der Waals surface area contributed by atoms with Crippen LogP contribution in [-0.4, -0.2) is 29.1 Å². The van der Waals surface area contributed by atoms with Gasteiger partial charge in [-0.3, -0.25) is 9.69 Å². The van der Waals surface area contributed by atoms with E-state index in [4.69, 9.17) is 0 Å². The Morgan fingerprint density at radius 2 is 1.87 bits per heavy atom. The minimum absolute atomic E-state index is 0.273. The SMILES string of the molecule is O=C(O)[C@H]1CN(Cc2ccccc2)C[C@@H]1c1ccc(F)cc1F. The molecule has 2 atom stereocenters. The molecule has 1 aliphatic heterocycles. The van der Waals surface area contributed by atoms with E-state index in [2.05, 4.69) is 0 Å². The van der Waals surface area contributed by atoms with Crippen molar-refractivity contribution in [1.29, 1.82) is 0 Å². The summed E-state index contributed by atoms with van der Waals surface area (Å²) in [5.41, 5.74) is 1.35. The van der Waals surface area contributed by atoms with Gasteiger partial charge in [-0.25, -0.2) is 8.78 Å². The van der Waals surface area contributed by atoms with Crippen LogP contribution >= 0.6 is 0 Å². The lowest BCUT2D eigenvalue weighted by molar-refractivity contribution is -0.141. The predicted molar refractivity (Wildman–Crippen MR) is 81.9 cm³/mol. The molecular formula is C18H17F2NO2. The summed E-state index contributed by atoms with van der Waals surface area (Å²) in [6.07, 6.45) is 0. The summed E-state index contributed by atoms with van der Waals surface area (Å²) in [5.74, 6) is -3.45. The van der Waals surface area contributed by atoms with Crippen LogP contribution in [0.3, 0.4) is 0 Å². The van der Waals surface area contributed by atoms with Crippen molar-refractivity contribution in [3.05, 3.63) is 71.3 Å². The van der Waals surface area contributed by atoms with Crippen LogP contribution in [0.1, 0.15) is 17.0 Å². The van der Waals surface area contributed by atoms with E-state index in [-0.39, 0.29) is 5.56 Å². The lowest BCUT2D eigenvalue weighted by atomic mass is 9.88. The zero-order valence-corrected chi connectivity index (χ0v) is 12.5. The number of likely N-dealkylation sites (tertiary alicyclic amines) is 1. The Labute approximate surface area is 133 Å². The maximum atomic E-state index is 14.0. The van der Waals surface area contributed by atoms with Crippen molar-refractivity contribution in [1.82, 2.24) is 4.90 Å². The maximum absolute atomic E-state index is 14.0. The molecule has 3 rings (SSSR count). The lowest BCUT2D eigenvalue weighted by Gasteiger charge is -2.17. The highest BCUT2D eigenvalue weighted by Gasteiger charge is 2.39. The highest BCUT2D eigenvalue weighted by atomic mass is 19.1. The number of nitrogens with zero attached hydrogens (tertiary/aromatic N) is 1. The largest absolute Gasteiger partial charge is 0.481 e. The molecule has 1 heterocycles. The van der Waals surface area contributed by atoms with E-state index < -0.39 is 29.4 Å². The summed E-state index contributed by atoms with van der Waals surface area (Å²) in [5, 5.41) is 9.45. The molecule has 0 aliphatic carbocycles. The minimum Gasteiger partial charge on any atom is -0.481 e. The number of carboxylic acids is 1. The van der Waals surface area contributed by atoms with Crippen LogP contribution in [0.15, 0.2) is 48.5 Å². The summed E-state index contributed by atoms with van der Waals surface area (Å²) in [7, 11) is 0. The molecule has 1 saturated heterocycles. The predicted octanol–water partition coefficient (Wildman–Crippen LogP) is 3.27. The van der Waals surface area contributed by atoms with Crippen molar-refractivity contribution in [2.75, 3.05) is 13.1 Å². The number of benzene rings is 2.